The Balaban J connectivity index is 1.58. The Morgan fingerprint density at radius 1 is 1.30 bits per heavy atom. The van der Waals surface area contributed by atoms with Gasteiger partial charge in [0.05, 0.1) is 27.5 Å². The van der Waals surface area contributed by atoms with Gasteiger partial charge < -0.3 is 16.2 Å². The molecule has 33 heavy (non-hydrogen) atoms. The largest absolute Gasteiger partial charge is 0.392 e. The lowest BCUT2D eigenvalue weighted by molar-refractivity contribution is 0.169. The number of fused-ring (bicyclic) bond motifs is 2. The molecule has 1 aromatic carbocycles. The normalized spacial score (nSPS) is 26.8. The SMILES string of the molecule is C[C@@H](O)[C@]12CC1[C@@](C)(c1cc(Nc3ncnc4cc(C#N)cnc34)cc(F)c1F)N=C(N)S2. The Kier molecular flexibility index (Phi) is 4.77. The van der Waals surface area contributed by atoms with Crippen molar-refractivity contribution in [2.24, 2.45) is 16.6 Å². The number of thioether (sulfide) groups is 1. The summed E-state index contributed by atoms with van der Waals surface area (Å²) in [6, 6.07) is 6.07. The lowest BCUT2D eigenvalue weighted by Crippen LogP contribution is -2.40. The number of aliphatic hydroxyl groups excluding tert-OH is 1. The number of hydrogen-bond donors (Lipinski definition) is 3. The number of rotatable bonds is 4. The number of benzene rings is 1. The van der Waals surface area contributed by atoms with Crippen LogP contribution in [-0.4, -0.2) is 36.1 Å². The first-order valence-electron chi connectivity index (χ1n) is 10.2. The quantitative estimate of drug-likeness (QED) is 0.532. The number of amidine groups is 1. The lowest BCUT2D eigenvalue weighted by Gasteiger charge is -2.35. The Bertz CT molecular complexity index is 1370. The highest BCUT2D eigenvalue weighted by Crippen LogP contribution is 2.67. The Labute approximate surface area is 192 Å². The van der Waals surface area contributed by atoms with E-state index in [9.17, 15) is 9.50 Å². The molecule has 1 aliphatic carbocycles. The summed E-state index contributed by atoms with van der Waals surface area (Å²) < 4.78 is 29.2. The molecule has 0 amide bonds. The van der Waals surface area contributed by atoms with Crippen molar-refractivity contribution in [3.05, 3.63) is 53.5 Å². The molecule has 1 aliphatic heterocycles. The summed E-state index contributed by atoms with van der Waals surface area (Å²) >= 11 is 1.29. The highest BCUT2D eigenvalue weighted by molar-refractivity contribution is 8.15. The van der Waals surface area contributed by atoms with Gasteiger partial charge in [-0.05, 0) is 32.4 Å². The third-order valence-electron chi connectivity index (χ3n) is 6.42. The molecule has 0 bridgehead atoms. The fourth-order valence-electron chi connectivity index (χ4n) is 4.63. The van der Waals surface area contributed by atoms with Crippen LogP contribution in [0.1, 0.15) is 31.4 Å². The van der Waals surface area contributed by atoms with Gasteiger partial charge in [0, 0.05) is 29.4 Å². The summed E-state index contributed by atoms with van der Waals surface area (Å²) in [6.07, 6.45) is 2.57. The average molecular weight is 468 g/mol. The van der Waals surface area contributed by atoms with Crippen LogP contribution < -0.4 is 11.1 Å². The molecule has 3 aromatic rings. The van der Waals surface area contributed by atoms with Crippen LogP contribution in [0.5, 0.6) is 0 Å². The van der Waals surface area contributed by atoms with Gasteiger partial charge in [-0.1, -0.05) is 11.8 Å². The van der Waals surface area contributed by atoms with Gasteiger partial charge in [-0.2, -0.15) is 5.26 Å². The maximum Gasteiger partial charge on any atom is 0.164 e. The smallest absolute Gasteiger partial charge is 0.164 e. The molecule has 4 atom stereocenters. The van der Waals surface area contributed by atoms with Gasteiger partial charge in [0.2, 0.25) is 0 Å². The van der Waals surface area contributed by atoms with E-state index < -0.39 is 28.0 Å². The second kappa shape index (κ2) is 7.33. The molecule has 4 N–H and O–H groups in total. The summed E-state index contributed by atoms with van der Waals surface area (Å²) in [5, 5.41) is 22.6. The number of nitriles is 1. The summed E-state index contributed by atoms with van der Waals surface area (Å²) in [4.78, 5) is 17.0. The second-order valence-electron chi connectivity index (χ2n) is 8.46. The fourth-order valence-corrected chi connectivity index (χ4v) is 6.05. The summed E-state index contributed by atoms with van der Waals surface area (Å²) in [7, 11) is 0. The maximum absolute atomic E-state index is 15.1. The van der Waals surface area contributed by atoms with E-state index in [2.05, 4.69) is 25.3 Å². The minimum atomic E-state index is -1.15. The Hall–Kier alpha value is -3.36. The van der Waals surface area contributed by atoms with Crippen molar-refractivity contribution in [1.82, 2.24) is 15.0 Å². The van der Waals surface area contributed by atoms with Crippen molar-refractivity contribution in [2.75, 3.05) is 5.32 Å². The molecule has 1 saturated carbocycles. The second-order valence-corrected chi connectivity index (χ2v) is 9.84. The summed E-state index contributed by atoms with van der Waals surface area (Å²) in [6.45, 7) is 3.38. The monoisotopic (exact) mass is 467 g/mol. The molecule has 1 fully saturated rings. The van der Waals surface area contributed by atoms with Gasteiger partial charge in [0.15, 0.2) is 22.6 Å². The van der Waals surface area contributed by atoms with E-state index in [0.29, 0.717) is 23.0 Å². The van der Waals surface area contributed by atoms with E-state index in [4.69, 9.17) is 11.0 Å². The highest BCUT2D eigenvalue weighted by Gasteiger charge is 2.68. The van der Waals surface area contributed by atoms with Crippen LogP contribution in [-0.2, 0) is 5.54 Å². The molecule has 8 nitrogen and oxygen atoms in total. The number of hydrogen-bond acceptors (Lipinski definition) is 9. The molecule has 11 heteroatoms. The van der Waals surface area contributed by atoms with Crippen LogP contribution >= 0.6 is 11.8 Å². The van der Waals surface area contributed by atoms with Crippen molar-refractivity contribution in [1.29, 1.82) is 5.26 Å². The molecule has 0 radical (unpaired) electrons. The van der Waals surface area contributed by atoms with Crippen molar-refractivity contribution in [2.45, 2.75) is 36.7 Å². The molecular weight excluding hydrogens is 448 g/mol. The standard InChI is InChI=1S/C22H19F2N7OS/c1-10(32)22-6-16(22)21(2,31-20(26)33-22)13-4-12(5-14(23)17(13)24)30-19-18-15(28-9-29-19)3-11(7-25)8-27-18/h3-5,8-10,16,32H,6H2,1-2H3,(H2,26,31)(H,28,29,30)/t10-,16?,21-,22-/m1/s1. The van der Waals surface area contributed by atoms with E-state index >= 15 is 4.39 Å². The molecule has 168 valence electrons. The minimum Gasteiger partial charge on any atom is -0.392 e. The summed E-state index contributed by atoms with van der Waals surface area (Å²) in [5.74, 6) is -2.00. The zero-order valence-corrected chi connectivity index (χ0v) is 18.5. The molecule has 3 heterocycles. The van der Waals surface area contributed by atoms with E-state index in [1.807, 2.05) is 6.07 Å². The zero-order valence-electron chi connectivity index (χ0n) is 17.7. The first kappa shape index (κ1) is 21.5. The van der Waals surface area contributed by atoms with Crippen LogP contribution in [0.4, 0.5) is 20.3 Å². The molecule has 1 unspecified atom stereocenters. The number of nitrogens with two attached hydrogens (primary N) is 1. The van der Waals surface area contributed by atoms with Crippen LogP contribution in [0.25, 0.3) is 11.0 Å². The topological polar surface area (TPSA) is 133 Å². The van der Waals surface area contributed by atoms with Crippen molar-refractivity contribution in [3.63, 3.8) is 0 Å². The van der Waals surface area contributed by atoms with Gasteiger partial charge in [-0.3, -0.25) is 4.99 Å². The fraction of sp³-hybridized carbons (Fsp3) is 0.318. The lowest BCUT2D eigenvalue weighted by atomic mass is 9.84. The van der Waals surface area contributed by atoms with Gasteiger partial charge in [0.25, 0.3) is 0 Å². The number of aliphatic imine (C=N–C) groups is 1. The Morgan fingerprint density at radius 2 is 2.09 bits per heavy atom. The zero-order chi connectivity index (χ0) is 23.5. The third kappa shape index (κ3) is 3.29. The van der Waals surface area contributed by atoms with Crippen molar-refractivity contribution in [3.8, 4) is 6.07 Å². The predicted octanol–water partition coefficient (Wildman–Crippen LogP) is 3.33. The number of anilines is 2. The minimum absolute atomic E-state index is 0.0406. The number of aromatic nitrogens is 3. The van der Waals surface area contributed by atoms with Crippen molar-refractivity contribution < 1.29 is 13.9 Å². The number of nitrogens with zero attached hydrogens (tertiary/aromatic N) is 5. The maximum atomic E-state index is 15.1. The van der Waals surface area contributed by atoms with Crippen LogP contribution in [0.15, 0.2) is 35.7 Å². The molecular formula is C22H19F2N7OS. The highest BCUT2D eigenvalue weighted by atomic mass is 32.2. The summed E-state index contributed by atoms with van der Waals surface area (Å²) in [5.41, 5.74) is 6.33. The third-order valence-corrected chi connectivity index (χ3v) is 7.89. The van der Waals surface area contributed by atoms with Gasteiger partial charge in [0.1, 0.15) is 17.9 Å². The molecule has 2 aromatic heterocycles. The molecule has 2 aliphatic rings. The number of aliphatic hydroxyl groups is 1. The predicted molar refractivity (Wildman–Crippen MR) is 121 cm³/mol. The van der Waals surface area contributed by atoms with E-state index in [0.717, 1.165) is 6.07 Å². The van der Waals surface area contributed by atoms with E-state index in [1.165, 1.54) is 30.4 Å². The first-order valence-corrected chi connectivity index (χ1v) is 11.0. The van der Waals surface area contributed by atoms with Gasteiger partial charge in [-0.25, -0.2) is 23.7 Å². The average Bonchev–Trinajstić information content (AvgIpc) is 3.53. The molecule has 0 saturated heterocycles. The number of pyridine rings is 1. The van der Waals surface area contributed by atoms with Crippen LogP contribution in [0.2, 0.25) is 0 Å². The van der Waals surface area contributed by atoms with E-state index in [1.54, 1.807) is 19.9 Å². The van der Waals surface area contributed by atoms with Crippen LogP contribution in [0, 0.1) is 28.9 Å². The van der Waals surface area contributed by atoms with E-state index in [-0.39, 0.29) is 28.2 Å². The van der Waals surface area contributed by atoms with Gasteiger partial charge >= 0.3 is 0 Å². The molecule has 0 spiro atoms. The Morgan fingerprint density at radius 3 is 2.82 bits per heavy atom. The molecule has 5 rings (SSSR count). The number of nitrogens with one attached hydrogen (secondary N) is 1. The first-order chi connectivity index (χ1) is 15.7. The van der Waals surface area contributed by atoms with Crippen molar-refractivity contribution >= 4 is 39.5 Å². The number of halogens is 2. The van der Waals surface area contributed by atoms with Crippen LogP contribution in [0.3, 0.4) is 0 Å². The van der Waals surface area contributed by atoms with Gasteiger partial charge in [-0.15, -0.1) is 0 Å².